The first kappa shape index (κ1) is 15.8. The number of benzene rings is 2. The molecule has 112 valence electrons. The largest absolute Gasteiger partial charge is 0.0622 e. The van der Waals surface area contributed by atoms with E-state index in [9.17, 15) is 0 Å². The molecule has 0 unspecified atom stereocenters. The Hall–Kier alpha value is -1.56. The summed E-state index contributed by atoms with van der Waals surface area (Å²) in [6, 6.07) is 17.6. The average Bonchev–Trinajstić information content (AvgIpc) is 2.37. The summed E-state index contributed by atoms with van der Waals surface area (Å²) >= 11 is 0. The van der Waals surface area contributed by atoms with Crippen molar-refractivity contribution in [1.82, 2.24) is 0 Å². The molecule has 0 aliphatic carbocycles. The van der Waals surface area contributed by atoms with E-state index in [0.29, 0.717) is 0 Å². The highest BCUT2D eigenvalue weighted by Crippen LogP contribution is 2.36. The molecule has 0 bridgehead atoms. The van der Waals surface area contributed by atoms with Gasteiger partial charge in [0.1, 0.15) is 0 Å². The first-order valence-electron chi connectivity index (χ1n) is 7.86. The predicted octanol–water partition coefficient (Wildman–Crippen LogP) is 5.87. The van der Waals surface area contributed by atoms with Gasteiger partial charge in [-0.3, -0.25) is 0 Å². The zero-order valence-electron chi connectivity index (χ0n) is 14.3. The van der Waals surface area contributed by atoms with Crippen molar-refractivity contribution in [2.45, 2.75) is 58.8 Å². The first-order chi connectivity index (χ1) is 9.69. The van der Waals surface area contributed by atoms with Crippen molar-refractivity contribution in [3.8, 4) is 0 Å². The number of rotatable bonds is 2. The molecule has 0 saturated heterocycles. The van der Waals surface area contributed by atoms with E-state index in [2.05, 4.69) is 90.1 Å². The molecule has 0 aliphatic rings. The Morgan fingerprint density at radius 1 is 0.667 bits per heavy atom. The summed E-state index contributed by atoms with van der Waals surface area (Å²) in [6.07, 6.45) is 1.01. The summed E-state index contributed by atoms with van der Waals surface area (Å²) < 4.78 is 0. The fraction of sp³-hybridized carbons (Fsp3) is 0.429. The summed E-state index contributed by atoms with van der Waals surface area (Å²) in [5.74, 6) is 0. The maximum absolute atomic E-state index is 2.33. The summed E-state index contributed by atoms with van der Waals surface area (Å²) in [5, 5.41) is 0. The second-order valence-corrected chi connectivity index (χ2v) is 8.00. The third-order valence-electron chi connectivity index (χ3n) is 3.95. The zero-order chi connectivity index (χ0) is 15.7. The first-order valence-corrected chi connectivity index (χ1v) is 7.86. The van der Waals surface area contributed by atoms with Crippen LogP contribution in [0, 0.1) is 0 Å². The van der Waals surface area contributed by atoms with Gasteiger partial charge in [-0.2, -0.15) is 0 Å². The van der Waals surface area contributed by atoms with Gasteiger partial charge in [0.2, 0.25) is 0 Å². The van der Waals surface area contributed by atoms with E-state index in [0.717, 1.165) is 6.42 Å². The summed E-state index contributed by atoms with van der Waals surface area (Å²) in [4.78, 5) is 0. The predicted molar refractivity (Wildman–Crippen MR) is 93.1 cm³/mol. The number of hydrogen-bond donors (Lipinski definition) is 0. The minimum absolute atomic E-state index is 0.161. The third-order valence-corrected chi connectivity index (χ3v) is 3.95. The summed E-state index contributed by atoms with van der Waals surface area (Å²) in [6.45, 7) is 13.9. The molecule has 0 nitrogen and oxygen atoms in total. The van der Waals surface area contributed by atoms with Crippen LogP contribution in [0.2, 0.25) is 0 Å². The fourth-order valence-electron chi connectivity index (χ4n) is 3.07. The molecule has 0 radical (unpaired) electrons. The standard InChI is InChI=1S/C21H28/c1-20(2,3)18-14-10-13-17(19(18)21(4,5)6)15-16-11-8-7-9-12-16/h7-14H,15H2,1-6H3. The Labute approximate surface area is 130 Å². The van der Waals surface area contributed by atoms with Crippen LogP contribution in [0.5, 0.6) is 0 Å². The van der Waals surface area contributed by atoms with Gasteiger partial charge in [0, 0.05) is 0 Å². The molecule has 0 atom stereocenters. The van der Waals surface area contributed by atoms with Crippen molar-refractivity contribution in [2.75, 3.05) is 0 Å². The van der Waals surface area contributed by atoms with Crippen molar-refractivity contribution in [3.63, 3.8) is 0 Å². The molecule has 0 amide bonds. The molecule has 0 N–H and O–H groups in total. The lowest BCUT2D eigenvalue weighted by Crippen LogP contribution is -2.24. The molecule has 0 fully saturated rings. The average molecular weight is 280 g/mol. The molecular formula is C21H28. The van der Waals surface area contributed by atoms with Crippen molar-refractivity contribution in [1.29, 1.82) is 0 Å². The van der Waals surface area contributed by atoms with Crippen LogP contribution in [0.3, 0.4) is 0 Å². The van der Waals surface area contributed by atoms with E-state index >= 15 is 0 Å². The van der Waals surface area contributed by atoms with E-state index in [-0.39, 0.29) is 10.8 Å². The lowest BCUT2D eigenvalue weighted by atomic mass is 9.72. The molecule has 2 aromatic rings. The molecule has 0 aliphatic heterocycles. The minimum Gasteiger partial charge on any atom is -0.0622 e. The van der Waals surface area contributed by atoms with Gasteiger partial charge >= 0.3 is 0 Å². The third kappa shape index (κ3) is 3.75. The van der Waals surface area contributed by atoms with E-state index < -0.39 is 0 Å². The molecule has 2 rings (SSSR count). The lowest BCUT2D eigenvalue weighted by Gasteiger charge is -2.32. The summed E-state index contributed by atoms with van der Waals surface area (Å²) in [7, 11) is 0. The Kier molecular flexibility index (Phi) is 4.27. The molecule has 0 saturated carbocycles. The quantitative estimate of drug-likeness (QED) is 0.645. The molecule has 0 heteroatoms. The van der Waals surface area contributed by atoms with Crippen molar-refractivity contribution in [3.05, 3.63) is 70.8 Å². The van der Waals surface area contributed by atoms with E-state index in [1.807, 2.05) is 0 Å². The topological polar surface area (TPSA) is 0 Å². The van der Waals surface area contributed by atoms with Crippen molar-refractivity contribution >= 4 is 0 Å². The van der Waals surface area contributed by atoms with Crippen LogP contribution in [0.1, 0.15) is 63.8 Å². The maximum Gasteiger partial charge on any atom is -0.00227 e. The Balaban J connectivity index is 2.56. The van der Waals surface area contributed by atoms with Crippen LogP contribution in [-0.2, 0) is 17.3 Å². The van der Waals surface area contributed by atoms with Crippen LogP contribution in [0.15, 0.2) is 48.5 Å². The van der Waals surface area contributed by atoms with Crippen molar-refractivity contribution < 1.29 is 0 Å². The lowest BCUT2D eigenvalue weighted by molar-refractivity contribution is 0.526. The zero-order valence-corrected chi connectivity index (χ0v) is 14.3. The Bertz CT molecular complexity index is 592. The van der Waals surface area contributed by atoms with Crippen LogP contribution in [0.4, 0.5) is 0 Å². The molecule has 21 heavy (non-hydrogen) atoms. The minimum atomic E-state index is 0.161. The fourth-order valence-corrected chi connectivity index (χ4v) is 3.07. The highest BCUT2D eigenvalue weighted by molar-refractivity contribution is 5.45. The second kappa shape index (κ2) is 5.67. The van der Waals surface area contributed by atoms with Gasteiger partial charge in [-0.1, -0.05) is 90.1 Å². The normalized spacial score (nSPS) is 12.5. The van der Waals surface area contributed by atoms with Crippen LogP contribution < -0.4 is 0 Å². The van der Waals surface area contributed by atoms with E-state index in [1.54, 1.807) is 0 Å². The van der Waals surface area contributed by atoms with Crippen LogP contribution >= 0.6 is 0 Å². The Morgan fingerprint density at radius 3 is 1.81 bits per heavy atom. The number of hydrogen-bond acceptors (Lipinski definition) is 0. The second-order valence-electron chi connectivity index (χ2n) is 8.00. The van der Waals surface area contributed by atoms with Crippen LogP contribution in [0.25, 0.3) is 0 Å². The van der Waals surface area contributed by atoms with Crippen LogP contribution in [-0.4, -0.2) is 0 Å². The van der Waals surface area contributed by atoms with Gasteiger partial charge in [0.05, 0.1) is 0 Å². The van der Waals surface area contributed by atoms with Gasteiger partial charge < -0.3 is 0 Å². The van der Waals surface area contributed by atoms with Gasteiger partial charge in [-0.25, -0.2) is 0 Å². The Morgan fingerprint density at radius 2 is 1.29 bits per heavy atom. The van der Waals surface area contributed by atoms with Gasteiger partial charge in [0.15, 0.2) is 0 Å². The van der Waals surface area contributed by atoms with Gasteiger partial charge in [0.25, 0.3) is 0 Å². The van der Waals surface area contributed by atoms with Crippen molar-refractivity contribution in [2.24, 2.45) is 0 Å². The highest BCUT2D eigenvalue weighted by Gasteiger charge is 2.27. The molecular weight excluding hydrogens is 252 g/mol. The molecule has 0 aromatic heterocycles. The van der Waals surface area contributed by atoms with E-state index in [1.165, 1.54) is 22.3 Å². The van der Waals surface area contributed by atoms with E-state index in [4.69, 9.17) is 0 Å². The smallest absolute Gasteiger partial charge is 0.00227 e. The summed E-state index contributed by atoms with van der Waals surface area (Å²) in [5.41, 5.74) is 6.17. The molecule has 0 spiro atoms. The SMILES string of the molecule is CC(C)(C)c1cccc(Cc2ccccc2)c1C(C)(C)C. The van der Waals surface area contributed by atoms with Gasteiger partial charge in [-0.05, 0) is 39.5 Å². The highest BCUT2D eigenvalue weighted by atomic mass is 14.3. The maximum atomic E-state index is 2.33. The molecule has 0 heterocycles. The van der Waals surface area contributed by atoms with Gasteiger partial charge in [-0.15, -0.1) is 0 Å². The monoisotopic (exact) mass is 280 g/mol. The molecule has 2 aromatic carbocycles.